The molecule has 4 rings (SSSR count). The summed E-state index contributed by atoms with van der Waals surface area (Å²) in [5.74, 6) is 1.75. The van der Waals surface area contributed by atoms with Crippen LogP contribution < -0.4 is 0 Å². The number of aliphatic hydroxyl groups excluding tert-OH is 1. The molecule has 0 radical (unpaired) electrons. The molecule has 2 aliphatic carbocycles. The number of aromatic hydroxyl groups is 2. The van der Waals surface area contributed by atoms with Crippen molar-refractivity contribution in [3.05, 3.63) is 83.1 Å². The number of allylic oxidation sites excluding steroid dienone is 3. The van der Waals surface area contributed by atoms with Gasteiger partial charge < -0.3 is 15.3 Å². The maximum absolute atomic E-state index is 10.5. The summed E-state index contributed by atoms with van der Waals surface area (Å²) in [6, 6.07) is 13.6. The van der Waals surface area contributed by atoms with Crippen LogP contribution in [-0.4, -0.2) is 15.3 Å². The molecule has 0 spiro atoms. The van der Waals surface area contributed by atoms with Crippen molar-refractivity contribution in [2.24, 2.45) is 11.8 Å². The van der Waals surface area contributed by atoms with Crippen molar-refractivity contribution in [3.63, 3.8) is 0 Å². The molecule has 2 aromatic rings. The van der Waals surface area contributed by atoms with Crippen molar-refractivity contribution in [3.8, 4) is 11.5 Å². The lowest BCUT2D eigenvalue weighted by molar-refractivity contribution is 0.308. The minimum absolute atomic E-state index is 0.0456. The number of aliphatic hydroxyl groups is 1. The van der Waals surface area contributed by atoms with E-state index in [1.807, 2.05) is 12.2 Å². The molecule has 3 N–H and O–H groups in total. The summed E-state index contributed by atoms with van der Waals surface area (Å²) in [5.41, 5.74) is 3.25. The van der Waals surface area contributed by atoms with Crippen molar-refractivity contribution in [1.29, 1.82) is 0 Å². The molecule has 158 valence electrons. The highest BCUT2D eigenvalue weighted by Gasteiger charge is 2.28. The highest BCUT2D eigenvalue weighted by atomic mass is 16.3. The van der Waals surface area contributed by atoms with E-state index < -0.39 is 0 Å². The molecular weight excluding hydrogens is 372 g/mol. The number of phenolic OH excluding ortho intramolecular Hbond substituents is 2. The van der Waals surface area contributed by atoms with E-state index in [4.69, 9.17) is 0 Å². The van der Waals surface area contributed by atoms with Crippen LogP contribution in [0.25, 0.3) is 0 Å². The van der Waals surface area contributed by atoms with Gasteiger partial charge in [0.15, 0.2) is 0 Å². The molecule has 2 aliphatic rings. The fraction of sp³-hybridized carbons (Fsp3) is 0.407. The van der Waals surface area contributed by atoms with Gasteiger partial charge in [-0.3, -0.25) is 0 Å². The predicted octanol–water partition coefficient (Wildman–Crippen LogP) is 6.93. The van der Waals surface area contributed by atoms with Gasteiger partial charge in [0.05, 0.1) is 0 Å². The van der Waals surface area contributed by atoms with E-state index >= 15 is 0 Å². The molecule has 0 bridgehead atoms. The van der Waals surface area contributed by atoms with Crippen LogP contribution in [0.5, 0.6) is 11.5 Å². The number of hydrogen-bond donors (Lipinski definition) is 3. The molecule has 2 aromatic carbocycles. The van der Waals surface area contributed by atoms with E-state index in [0.29, 0.717) is 5.92 Å². The Morgan fingerprint density at radius 2 is 1.67 bits per heavy atom. The maximum atomic E-state index is 10.5. The van der Waals surface area contributed by atoms with Gasteiger partial charge in [0, 0.05) is 23.5 Å². The molecule has 0 amide bonds. The summed E-state index contributed by atoms with van der Waals surface area (Å²) >= 11 is 0. The first-order valence-corrected chi connectivity index (χ1v) is 11.3. The third-order valence-corrected chi connectivity index (χ3v) is 6.90. The largest absolute Gasteiger partial charge is 0.508 e. The van der Waals surface area contributed by atoms with E-state index in [1.165, 1.54) is 50.2 Å². The van der Waals surface area contributed by atoms with Crippen molar-refractivity contribution < 1.29 is 15.3 Å². The zero-order valence-corrected chi connectivity index (χ0v) is 17.7. The van der Waals surface area contributed by atoms with Crippen molar-refractivity contribution in [2.75, 3.05) is 0 Å². The molecule has 1 saturated carbocycles. The van der Waals surface area contributed by atoms with Crippen molar-refractivity contribution in [2.45, 2.75) is 57.3 Å². The topological polar surface area (TPSA) is 60.7 Å². The number of phenols is 2. The van der Waals surface area contributed by atoms with Crippen LogP contribution in [0.1, 0.15) is 74.0 Å². The van der Waals surface area contributed by atoms with E-state index in [0.717, 1.165) is 17.0 Å². The smallest absolute Gasteiger partial charge is 0.123 e. The molecule has 0 aromatic heterocycles. The Balaban J connectivity index is 1.58. The third kappa shape index (κ3) is 4.40. The van der Waals surface area contributed by atoms with Crippen LogP contribution in [0.2, 0.25) is 0 Å². The van der Waals surface area contributed by atoms with Gasteiger partial charge in [-0.05, 0) is 66.9 Å². The highest BCUT2D eigenvalue weighted by Crippen LogP contribution is 2.43. The third-order valence-electron chi connectivity index (χ3n) is 6.90. The number of benzene rings is 2. The van der Waals surface area contributed by atoms with Crippen LogP contribution >= 0.6 is 0 Å². The highest BCUT2D eigenvalue weighted by molar-refractivity contribution is 5.48. The van der Waals surface area contributed by atoms with Gasteiger partial charge in [-0.15, -0.1) is 0 Å². The summed E-state index contributed by atoms with van der Waals surface area (Å²) in [6.45, 7) is 2.28. The average Bonchev–Trinajstić information content (AvgIpc) is 3.17. The lowest BCUT2D eigenvalue weighted by atomic mass is 9.76. The lowest BCUT2D eigenvalue weighted by Gasteiger charge is -2.29. The average molecular weight is 405 g/mol. The lowest BCUT2D eigenvalue weighted by Crippen LogP contribution is -2.14. The SMILES string of the molecule is CCCC1CCC(c2ccc(C(c3ccc(O)cc3O)C3C=CC(O)=C3)cc2)CC1. The van der Waals surface area contributed by atoms with Gasteiger partial charge in [-0.25, -0.2) is 0 Å². The van der Waals surface area contributed by atoms with Gasteiger partial charge in [0.25, 0.3) is 0 Å². The van der Waals surface area contributed by atoms with Gasteiger partial charge in [-0.1, -0.05) is 56.2 Å². The van der Waals surface area contributed by atoms with Crippen LogP contribution in [0.3, 0.4) is 0 Å². The second-order valence-corrected chi connectivity index (χ2v) is 8.92. The maximum Gasteiger partial charge on any atom is 0.123 e. The Kier molecular flexibility index (Phi) is 6.17. The molecule has 3 nitrogen and oxygen atoms in total. The Hall–Kier alpha value is -2.68. The standard InChI is InChI=1S/C27H32O3/c1-2-3-18-4-6-19(7-5-18)20-8-10-21(11-9-20)27(22-12-13-23(28)16-22)25-15-14-24(29)17-26(25)30/h8-19,22,27-30H,2-7H2,1H3. The summed E-state index contributed by atoms with van der Waals surface area (Å²) in [6.07, 6.45) is 13.4. The molecular formula is C27H32O3. The van der Waals surface area contributed by atoms with E-state index in [9.17, 15) is 15.3 Å². The number of hydrogen-bond acceptors (Lipinski definition) is 3. The second-order valence-electron chi connectivity index (χ2n) is 8.92. The molecule has 1 fully saturated rings. The minimum atomic E-state index is -0.124. The summed E-state index contributed by atoms with van der Waals surface area (Å²) < 4.78 is 0. The van der Waals surface area contributed by atoms with Crippen molar-refractivity contribution >= 4 is 0 Å². The molecule has 0 aliphatic heterocycles. The zero-order chi connectivity index (χ0) is 21.1. The first-order chi connectivity index (χ1) is 14.5. The Labute approximate surface area is 179 Å². The van der Waals surface area contributed by atoms with Crippen LogP contribution in [-0.2, 0) is 0 Å². The second kappa shape index (κ2) is 8.99. The first kappa shape index (κ1) is 20.6. The van der Waals surface area contributed by atoms with E-state index in [2.05, 4.69) is 31.2 Å². The van der Waals surface area contributed by atoms with E-state index in [-0.39, 0.29) is 29.1 Å². The molecule has 2 atom stereocenters. The Morgan fingerprint density at radius 3 is 2.27 bits per heavy atom. The predicted molar refractivity (Wildman–Crippen MR) is 121 cm³/mol. The Morgan fingerprint density at radius 1 is 0.933 bits per heavy atom. The van der Waals surface area contributed by atoms with Crippen molar-refractivity contribution in [1.82, 2.24) is 0 Å². The van der Waals surface area contributed by atoms with Crippen LogP contribution in [0, 0.1) is 11.8 Å². The summed E-state index contributed by atoms with van der Waals surface area (Å²) in [5, 5.41) is 30.1. The molecule has 3 heteroatoms. The normalized spacial score (nSPS) is 24.6. The van der Waals surface area contributed by atoms with Gasteiger partial charge in [0.1, 0.15) is 17.3 Å². The fourth-order valence-electron chi connectivity index (χ4n) is 5.30. The van der Waals surface area contributed by atoms with Crippen LogP contribution in [0.4, 0.5) is 0 Å². The van der Waals surface area contributed by atoms with Crippen LogP contribution in [0.15, 0.2) is 66.5 Å². The van der Waals surface area contributed by atoms with Gasteiger partial charge >= 0.3 is 0 Å². The van der Waals surface area contributed by atoms with Gasteiger partial charge in [-0.2, -0.15) is 0 Å². The monoisotopic (exact) mass is 404 g/mol. The number of rotatable bonds is 6. The summed E-state index contributed by atoms with van der Waals surface area (Å²) in [7, 11) is 0. The van der Waals surface area contributed by atoms with Gasteiger partial charge in [0.2, 0.25) is 0 Å². The molecule has 2 unspecified atom stereocenters. The molecule has 0 saturated heterocycles. The molecule has 30 heavy (non-hydrogen) atoms. The summed E-state index contributed by atoms with van der Waals surface area (Å²) in [4.78, 5) is 0. The quantitative estimate of drug-likeness (QED) is 0.489. The molecule has 0 heterocycles. The Bertz CT molecular complexity index is 918. The zero-order valence-electron chi connectivity index (χ0n) is 17.7. The van der Waals surface area contributed by atoms with E-state index in [1.54, 1.807) is 18.2 Å². The minimum Gasteiger partial charge on any atom is -0.508 e. The first-order valence-electron chi connectivity index (χ1n) is 11.3. The fourth-order valence-corrected chi connectivity index (χ4v) is 5.30.